The standard InChI is InChI=1S/C17H14N2O5/c1-2-23-17(22)19-11-6-7-18-9-10(11)15-8-13(21)16-12(20)4-3-5-14(16)24-15/h3-9,20H,2H2,1H3,(H,18,19,22). The number of ether oxygens (including phenoxy) is 1. The summed E-state index contributed by atoms with van der Waals surface area (Å²) in [6.45, 7) is 1.93. The van der Waals surface area contributed by atoms with Crippen molar-refractivity contribution in [2.45, 2.75) is 6.92 Å². The van der Waals surface area contributed by atoms with Crippen LogP contribution in [-0.2, 0) is 4.74 Å². The van der Waals surface area contributed by atoms with E-state index in [1.807, 2.05) is 0 Å². The molecule has 24 heavy (non-hydrogen) atoms. The summed E-state index contributed by atoms with van der Waals surface area (Å²) in [6.07, 6.45) is 2.34. The van der Waals surface area contributed by atoms with Crippen molar-refractivity contribution in [3.63, 3.8) is 0 Å². The average Bonchev–Trinajstić information content (AvgIpc) is 2.55. The molecule has 0 bridgehead atoms. The fourth-order valence-corrected chi connectivity index (χ4v) is 2.30. The molecule has 0 radical (unpaired) electrons. The molecule has 0 unspecified atom stereocenters. The van der Waals surface area contributed by atoms with Crippen LogP contribution in [0.5, 0.6) is 5.75 Å². The number of carbonyl (C=O) groups excluding carboxylic acids is 1. The zero-order valence-electron chi connectivity index (χ0n) is 12.8. The number of phenols is 1. The molecule has 122 valence electrons. The van der Waals surface area contributed by atoms with Crippen LogP contribution < -0.4 is 10.7 Å². The molecule has 3 rings (SSSR count). The molecule has 3 aromatic rings. The average molecular weight is 326 g/mol. The lowest BCUT2D eigenvalue weighted by molar-refractivity contribution is 0.168. The molecule has 0 fully saturated rings. The van der Waals surface area contributed by atoms with Gasteiger partial charge in [0.1, 0.15) is 22.5 Å². The Morgan fingerprint density at radius 1 is 1.38 bits per heavy atom. The van der Waals surface area contributed by atoms with E-state index in [1.54, 1.807) is 25.1 Å². The molecule has 7 heteroatoms. The minimum atomic E-state index is -0.620. The Balaban J connectivity index is 2.11. The highest BCUT2D eigenvalue weighted by molar-refractivity contribution is 5.91. The van der Waals surface area contributed by atoms with Crippen molar-refractivity contribution in [1.82, 2.24) is 4.98 Å². The van der Waals surface area contributed by atoms with Gasteiger partial charge in [-0.25, -0.2) is 4.79 Å². The summed E-state index contributed by atoms with van der Waals surface area (Å²) in [4.78, 5) is 27.9. The van der Waals surface area contributed by atoms with Crippen LogP contribution in [0.15, 0.2) is 51.9 Å². The van der Waals surface area contributed by atoms with E-state index in [9.17, 15) is 14.7 Å². The van der Waals surface area contributed by atoms with E-state index in [2.05, 4.69) is 10.3 Å². The first-order valence-electron chi connectivity index (χ1n) is 7.24. The number of aromatic hydroxyl groups is 1. The van der Waals surface area contributed by atoms with Gasteiger partial charge in [0.15, 0.2) is 5.43 Å². The van der Waals surface area contributed by atoms with Crippen molar-refractivity contribution in [2.24, 2.45) is 0 Å². The molecule has 0 aliphatic rings. The van der Waals surface area contributed by atoms with Gasteiger partial charge in [0, 0.05) is 18.5 Å². The molecular weight excluding hydrogens is 312 g/mol. The van der Waals surface area contributed by atoms with Gasteiger partial charge >= 0.3 is 6.09 Å². The van der Waals surface area contributed by atoms with Gasteiger partial charge in [-0.3, -0.25) is 15.1 Å². The Morgan fingerprint density at radius 3 is 3.00 bits per heavy atom. The van der Waals surface area contributed by atoms with Crippen molar-refractivity contribution < 1.29 is 19.1 Å². The second-order valence-electron chi connectivity index (χ2n) is 4.89. The lowest BCUT2D eigenvalue weighted by atomic mass is 10.1. The summed E-state index contributed by atoms with van der Waals surface area (Å²) in [5.41, 5.74) is 0.665. The van der Waals surface area contributed by atoms with Gasteiger partial charge in [-0.1, -0.05) is 6.07 Å². The van der Waals surface area contributed by atoms with E-state index in [4.69, 9.17) is 9.15 Å². The van der Waals surface area contributed by atoms with Gasteiger partial charge in [-0.2, -0.15) is 0 Å². The molecule has 0 aliphatic carbocycles. The van der Waals surface area contributed by atoms with E-state index in [-0.39, 0.29) is 29.1 Å². The molecule has 0 atom stereocenters. The number of nitrogens with zero attached hydrogens (tertiary/aromatic N) is 1. The summed E-state index contributed by atoms with van der Waals surface area (Å²) in [6, 6.07) is 7.38. The topological polar surface area (TPSA) is 102 Å². The Hall–Kier alpha value is -3.35. The third-order valence-corrected chi connectivity index (χ3v) is 3.33. The maximum Gasteiger partial charge on any atom is 0.411 e. The number of aromatic nitrogens is 1. The van der Waals surface area contributed by atoms with E-state index in [0.29, 0.717) is 11.3 Å². The summed E-state index contributed by atoms with van der Waals surface area (Å²) < 4.78 is 10.6. The number of anilines is 1. The van der Waals surface area contributed by atoms with Crippen LogP contribution in [0, 0.1) is 0 Å². The summed E-state index contributed by atoms with van der Waals surface area (Å²) in [5, 5.41) is 12.5. The van der Waals surface area contributed by atoms with Gasteiger partial charge < -0.3 is 14.3 Å². The first-order valence-corrected chi connectivity index (χ1v) is 7.24. The Kier molecular flexibility index (Phi) is 4.15. The molecule has 2 N–H and O–H groups in total. The van der Waals surface area contributed by atoms with Crippen molar-refractivity contribution >= 4 is 22.7 Å². The van der Waals surface area contributed by atoms with Crippen LogP contribution in [-0.4, -0.2) is 22.8 Å². The number of nitrogens with one attached hydrogen (secondary N) is 1. The van der Waals surface area contributed by atoms with Crippen molar-refractivity contribution in [3.05, 3.63) is 52.9 Å². The summed E-state index contributed by atoms with van der Waals surface area (Å²) in [7, 11) is 0. The highest BCUT2D eigenvalue weighted by Gasteiger charge is 2.14. The van der Waals surface area contributed by atoms with Crippen molar-refractivity contribution in [2.75, 3.05) is 11.9 Å². The second kappa shape index (κ2) is 6.41. The smallest absolute Gasteiger partial charge is 0.411 e. The van der Waals surface area contributed by atoms with Gasteiger partial charge in [-0.05, 0) is 25.1 Å². The lowest BCUT2D eigenvalue weighted by Gasteiger charge is -2.10. The number of rotatable bonds is 3. The fourth-order valence-electron chi connectivity index (χ4n) is 2.30. The number of benzene rings is 1. The number of amides is 1. The SMILES string of the molecule is CCOC(=O)Nc1ccncc1-c1cc(=O)c2c(O)cccc2o1. The predicted octanol–water partition coefficient (Wildman–Crippen LogP) is 3.13. The molecule has 0 aliphatic heterocycles. The molecule has 0 saturated carbocycles. The third kappa shape index (κ3) is 2.91. The maximum absolute atomic E-state index is 12.3. The number of phenolic OH excluding ortho intramolecular Hbond substituents is 1. The van der Waals surface area contributed by atoms with Crippen LogP contribution in [0.1, 0.15) is 6.92 Å². The highest BCUT2D eigenvalue weighted by atomic mass is 16.5. The van der Waals surface area contributed by atoms with Crippen LogP contribution in [0.3, 0.4) is 0 Å². The number of fused-ring (bicyclic) bond motifs is 1. The summed E-state index contributed by atoms with van der Waals surface area (Å²) >= 11 is 0. The quantitative estimate of drug-likeness (QED) is 0.766. The number of hydrogen-bond donors (Lipinski definition) is 2. The van der Waals surface area contributed by atoms with Gasteiger partial charge in [0.2, 0.25) is 0 Å². The minimum Gasteiger partial charge on any atom is -0.507 e. The van der Waals surface area contributed by atoms with Gasteiger partial charge in [0.05, 0.1) is 17.9 Å². The lowest BCUT2D eigenvalue weighted by Crippen LogP contribution is -2.14. The van der Waals surface area contributed by atoms with E-state index in [1.165, 1.54) is 24.5 Å². The Morgan fingerprint density at radius 2 is 2.21 bits per heavy atom. The number of pyridine rings is 1. The first kappa shape index (κ1) is 15.5. The van der Waals surface area contributed by atoms with Crippen LogP contribution in [0.4, 0.5) is 10.5 Å². The zero-order valence-corrected chi connectivity index (χ0v) is 12.8. The number of hydrogen-bond acceptors (Lipinski definition) is 6. The van der Waals surface area contributed by atoms with E-state index >= 15 is 0 Å². The van der Waals surface area contributed by atoms with Crippen LogP contribution in [0.2, 0.25) is 0 Å². The third-order valence-electron chi connectivity index (χ3n) is 3.33. The monoisotopic (exact) mass is 326 g/mol. The van der Waals surface area contributed by atoms with Crippen LogP contribution >= 0.6 is 0 Å². The summed E-state index contributed by atoms with van der Waals surface area (Å²) in [5.74, 6) is 0.0712. The molecule has 0 saturated heterocycles. The highest BCUT2D eigenvalue weighted by Crippen LogP contribution is 2.30. The van der Waals surface area contributed by atoms with Crippen molar-refractivity contribution in [1.29, 1.82) is 0 Å². The Labute approximate surface area is 136 Å². The molecule has 2 aromatic heterocycles. The van der Waals surface area contributed by atoms with Crippen LogP contribution in [0.25, 0.3) is 22.3 Å². The zero-order chi connectivity index (χ0) is 17.1. The molecule has 1 aromatic carbocycles. The normalized spacial score (nSPS) is 10.5. The van der Waals surface area contributed by atoms with E-state index < -0.39 is 11.5 Å². The minimum absolute atomic E-state index is 0.102. The molecule has 2 heterocycles. The number of carbonyl (C=O) groups is 1. The maximum atomic E-state index is 12.3. The molecule has 7 nitrogen and oxygen atoms in total. The van der Waals surface area contributed by atoms with Gasteiger partial charge in [-0.15, -0.1) is 0 Å². The molecule has 1 amide bonds. The van der Waals surface area contributed by atoms with E-state index in [0.717, 1.165) is 0 Å². The van der Waals surface area contributed by atoms with Gasteiger partial charge in [0.25, 0.3) is 0 Å². The fraction of sp³-hybridized carbons (Fsp3) is 0.118. The molecule has 0 spiro atoms. The van der Waals surface area contributed by atoms with Crippen molar-refractivity contribution in [3.8, 4) is 17.1 Å². The largest absolute Gasteiger partial charge is 0.507 e. The molecular formula is C17H14N2O5. The predicted molar refractivity (Wildman–Crippen MR) is 88.0 cm³/mol. The Bertz CT molecular complexity index is 965. The second-order valence-corrected chi connectivity index (χ2v) is 4.89. The first-order chi connectivity index (χ1) is 11.6.